The number of nitrogens with zero attached hydrogens (tertiary/aromatic N) is 1. The van der Waals surface area contributed by atoms with E-state index in [0.29, 0.717) is 0 Å². The van der Waals surface area contributed by atoms with Crippen LogP contribution in [-0.2, 0) is 16.6 Å². The number of benzene rings is 2. The molecule has 134 valence electrons. The Bertz CT molecular complexity index is 839. The Hall–Kier alpha value is -2.32. The summed E-state index contributed by atoms with van der Waals surface area (Å²) in [6, 6.07) is 10.9. The van der Waals surface area contributed by atoms with Gasteiger partial charge in [0.2, 0.25) is 10.0 Å². The zero-order valence-electron chi connectivity index (χ0n) is 13.6. The third-order valence-electron chi connectivity index (χ3n) is 3.53. The highest BCUT2D eigenvalue weighted by Crippen LogP contribution is 2.12. The molecular weight excluding hydrogens is 350 g/mol. The molecule has 25 heavy (non-hydrogen) atoms. The quantitative estimate of drug-likeness (QED) is 0.814. The van der Waals surface area contributed by atoms with E-state index in [9.17, 15) is 22.0 Å². The number of amides is 1. The number of sulfonamides is 1. The number of carbonyl (C=O) groups is 1. The monoisotopic (exact) mass is 368 g/mol. The highest BCUT2D eigenvalue weighted by atomic mass is 32.2. The van der Waals surface area contributed by atoms with Gasteiger partial charge in [-0.25, -0.2) is 17.2 Å². The van der Waals surface area contributed by atoms with Crippen molar-refractivity contribution in [3.8, 4) is 0 Å². The topological polar surface area (TPSA) is 66.5 Å². The second-order valence-electron chi connectivity index (χ2n) is 5.45. The maximum Gasteiger partial charge on any atom is 0.251 e. The van der Waals surface area contributed by atoms with Gasteiger partial charge in [-0.3, -0.25) is 4.79 Å². The number of hydrogen-bond acceptors (Lipinski definition) is 3. The number of nitrogens with one attached hydrogen (secondary N) is 1. The van der Waals surface area contributed by atoms with Gasteiger partial charge < -0.3 is 5.32 Å². The third kappa shape index (κ3) is 5.61. The molecule has 2 rings (SSSR count). The fraction of sp³-hybridized carbons (Fsp3) is 0.235. The first-order valence-corrected chi connectivity index (χ1v) is 9.34. The standard InChI is InChI=1S/C17H18F2N2O3S/c1-25(23,24)21(12-14-4-2-3-5-16(14)19)11-10-20-17(22)13-6-8-15(18)9-7-13/h2-9H,10-12H2,1H3,(H,20,22). The van der Waals surface area contributed by atoms with Gasteiger partial charge in [-0.2, -0.15) is 4.31 Å². The van der Waals surface area contributed by atoms with Crippen molar-refractivity contribution >= 4 is 15.9 Å². The predicted molar refractivity (Wildman–Crippen MR) is 90.4 cm³/mol. The normalized spacial score (nSPS) is 11.5. The second kappa shape index (κ2) is 8.17. The fourth-order valence-electron chi connectivity index (χ4n) is 2.18. The summed E-state index contributed by atoms with van der Waals surface area (Å²) < 4.78 is 51.4. The van der Waals surface area contributed by atoms with Crippen molar-refractivity contribution < 1.29 is 22.0 Å². The summed E-state index contributed by atoms with van der Waals surface area (Å²) in [6.07, 6.45) is 1.02. The molecule has 1 N–H and O–H groups in total. The summed E-state index contributed by atoms with van der Waals surface area (Å²) in [5.41, 5.74) is 0.513. The largest absolute Gasteiger partial charge is 0.351 e. The van der Waals surface area contributed by atoms with Crippen LogP contribution in [0.3, 0.4) is 0 Å². The van der Waals surface area contributed by atoms with Gasteiger partial charge in [0.05, 0.1) is 6.26 Å². The molecule has 5 nitrogen and oxygen atoms in total. The summed E-state index contributed by atoms with van der Waals surface area (Å²) in [5, 5.41) is 2.56. The zero-order chi connectivity index (χ0) is 18.4. The van der Waals surface area contributed by atoms with Crippen LogP contribution in [0.5, 0.6) is 0 Å². The van der Waals surface area contributed by atoms with E-state index in [1.807, 2.05) is 0 Å². The van der Waals surface area contributed by atoms with Crippen molar-refractivity contribution in [2.24, 2.45) is 0 Å². The molecular formula is C17H18F2N2O3S. The van der Waals surface area contributed by atoms with Crippen molar-refractivity contribution in [2.45, 2.75) is 6.54 Å². The maximum atomic E-state index is 13.7. The van der Waals surface area contributed by atoms with Crippen LogP contribution in [-0.4, -0.2) is 38.0 Å². The lowest BCUT2D eigenvalue weighted by Gasteiger charge is -2.20. The first-order chi connectivity index (χ1) is 11.8. The van der Waals surface area contributed by atoms with Gasteiger partial charge >= 0.3 is 0 Å². The molecule has 0 radical (unpaired) electrons. The minimum absolute atomic E-state index is 0.0138. The molecule has 1 amide bonds. The van der Waals surface area contributed by atoms with Crippen molar-refractivity contribution in [3.05, 3.63) is 71.3 Å². The predicted octanol–water partition coefficient (Wildman–Crippen LogP) is 2.16. The van der Waals surface area contributed by atoms with Crippen molar-refractivity contribution in [1.82, 2.24) is 9.62 Å². The lowest BCUT2D eigenvalue weighted by atomic mass is 10.2. The molecule has 2 aromatic carbocycles. The summed E-state index contributed by atoms with van der Waals surface area (Å²) in [7, 11) is -3.58. The minimum atomic E-state index is -3.58. The third-order valence-corrected chi connectivity index (χ3v) is 4.78. The molecule has 0 atom stereocenters. The average molecular weight is 368 g/mol. The summed E-state index contributed by atoms with van der Waals surface area (Å²) in [6.45, 7) is -0.101. The molecule has 0 spiro atoms. The van der Waals surface area contributed by atoms with E-state index in [0.717, 1.165) is 22.7 Å². The van der Waals surface area contributed by atoms with Gasteiger partial charge in [-0.15, -0.1) is 0 Å². The van der Waals surface area contributed by atoms with Gasteiger partial charge in [0.25, 0.3) is 5.91 Å². The Morgan fingerprint density at radius 2 is 1.72 bits per heavy atom. The maximum absolute atomic E-state index is 13.7. The van der Waals surface area contributed by atoms with Crippen LogP contribution < -0.4 is 5.32 Å². The molecule has 0 aliphatic carbocycles. The Labute approximate surface area is 145 Å². The first-order valence-electron chi connectivity index (χ1n) is 7.49. The van der Waals surface area contributed by atoms with Crippen LogP contribution in [0.1, 0.15) is 15.9 Å². The first kappa shape index (κ1) is 19.0. The molecule has 0 bridgehead atoms. The molecule has 0 aliphatic heterocycles. The SMILES string of the molecule is CS(=O)(=O)N(CCNC(=O)c1ccc(F)cc1)Cc1ccccc1F. The summed E-state index contributed by atoms with van der Waals surface area (Å²) >= 11 is 0. The fourth-order valence-corrected chi connectivity index (χ4v) is 2.97. The molecule has 0 saturated heterocycles. The van der Waals surface area contributed by atoms with Crippen LogP contribution in [0, 0.1) is 11.6 Å². The molecule has 0 aliphatic rings. The molecule has 0 fully saturated rings. The lowest BCUT2D eigenvalue weighted by Crippen LogP contribution is -2.37. The van der Waals surface area contributed by atoms with E-state index in [1.54, 1.807) is 6.07 Å². The highest BCUT2D eigenvalue weighted by molar-refractivity contribution is 7.88. The van der Waals surface area contributed by atoms with Gasteiger partial charge in [0.1, 0.15) is 11.6 Å². The van der Waals surface area contributed by atoms with Crippen molar-refractivity contribution in [2.75, 3.05) is 19.3 Å². The molecule has 0 heterocycles. The summed E-state index contributed by atoms with van der Waals surface area (Å²) in [5.74, 6) is -1.39. The number of carbonyl (C=O) groups excluding carboxylic acids is 1. The second-order valence-corrected chi connectivity index (χ2v) is 7.43. The lowest BCUT2D eigenvalue weighted by molar-refractivity contribution is 0.0951. The van der Waals surface area contributed by atoms with Crippen molar-refractivity contribution in [1.29, 1.82) is 0 Å². The van der Waals surface area contributed by atoms with Gasteiger partial charge in [-0.1, -0.05) is 18.2 Å². The van der Waals surface area contributed by atoms with E-state index in [4.69, 9.17) is 0 Å². The minimum Gasteiger partial charge on any atom is -0.351 e. The highest BCUT2D eigenvalue weighted by Gasteiger charge is 2.18. The summed E-state index contributed by atoms with van der Waals surface area (Å²) in [4.78, 5) is 11.9. The molecule has 2 aromatic rings. The zero-order valence-corrected chi connectivity index (χ0v) is 14.4. The smallest absolute Gasteiger partial charge is 0.251 e. The number of rotatable bonds is 7. The van der Waals surface area contributed by atoms with Crippen LogP contribution in [0.25, 0.3) is 0 Å². The Balaban J connectivity index is 1.98. The Kier molecular flexibility index (Phi) is 6.22. The van der Waals surface area contributed by atoms with E-state index in [2.05, 4.69) is 5.32 Å². The van der Waals surface area contributed by atoms with E-state index >= 15 is 0 Å². The van der Waals surface area contributed by atoms with Crippen LogP contribution >= 0.6 is 0 Å². The Morgan fingerprint density at radius 1 is 1.08 bits per heavy atom. The van der Waals surface area contributed by atoms with Crippen LogP contribution in [0.4, 0.5) is 8.78 Å². The van der Waals surface area contributed by atoms with Gasteiger partial charge in [-0.05, 0) is 30.3 Å². The molecule has 0 unspecified atom stereocenters. The van der Waals surface area contributed by atoms with Crippen LogP contribution in [0.15, 0.2) is 48.5 Å². The van der Waals surface area contributed by atoms with E-state index in [1.165, 1.54) is 30.3 Å². The molecule has 0 saturated carbocycles. The van der Waals surface area contributed by atoms with E-state index < -0.39 is 27.6 Å². The molecule has 0 aromatic heterocycles. The average Bonchev–Trinajstić information content (AvgIpc) is 2.55. The number of halogens is 2. The number of hydrogen-bond donors (Lipinski definition) is 1. The van der Waals surface area contributed by atoms with Gasteiger partial charge in [0.15, 0.2) is 0 Å². The van der Waals surface area contributed by atoms with Gasteiger partial charge in [0, 0.05) is 30.8 Å². The van der Waals surface area contributed by atoms with Crippen molar-refractivity contribution in [3.63, 3.8) is 0 Å². The molecule has 8 heteroatoms. The van der Waals surface area contributed by atoms with E-state index in [-0.39, 0.29) is 30.8 Å². The van der Waals surface area contributed by atoms with Crippen LogP contribution in [0.2, 0.25) is 0 Å². The Morgan fingerprint density at radius 3 is 2.32 bits per heavy atom.